The van der Waals surface area contributed by atoms with Crippen molar-refractivity contribution in [3.63, 3.8) is 0 Å². The number of hydrogen-bond acceptors (Lipinski definition) is 9. The normalized spacial score (nSPS) is 29.1. The lowest BCUT2D eigenvalue weighted by Gasteiger charge is -2.32. The Morgan fingerprint density at radius 3 is 2.31 bits per heavy atom. The molecular weight excluding hydrogens is 733 g/mol. The maximum Gasteiger partial charge on any atom is 0.310 e. The molecule has 2 aromatic rings. The molecule has 4 fully saturated rings. The van der Waals surface area contributed by atoms with Crippen LogP contribution in [0.2, 0.25) is 0 Å². The summed E-state index contributed by atoms with van der Waals surface area (Å²) in [5.74, 6) is -0.241. The predicted octanol–water partition coefficient (Wildman–Crippen LogP) is 9.66. The van der Waals surface area contributed by atoms with Crippen molar-refractivity contribution < 1.29 is 42.9 Å². The highest BCUT2D eigenvalue weighted by molar-refractivity contribution is 5.96. The molecule has 0 amide bonds. The maximum atomic E-state index is 14.9. The van der Waals surface area contributed by atoms with Crippen LogP contribution in [-0.4, -0.2) is 61.6 Å². The van der Waals surface area contributed by atoms with Gasteiger partial charge in [-0.25, -0.2) is 0 Å². The number of esters is 2. The van der Waals surface area contributed by atoms with E-state index < -0.39 is 40.8 Å². The van der Waals surface area contributed by atoms with Crippen LogP contribution in [0, 0.1) is 46.8 Å². The molecule has 5 aliphatic carbocycles. The van der Waals surface area contributed by atoms with Crippen molar-refractivity contribution in [1.82, 2.24) is 0 Å². The van der Waals surface area contributed by atoms with Crippen LogP contribution in [0.3, 0.4) is 0 Å². The van der Waals surface area contributed by atoms with Gasteiger partial charge in [0.2, 0.25) is 0 Å². The van der Waals surface area contributed by atoms with E-state index in [-0.39, 0.29) is 48.8 Å². The van der Waals surface area contributed by atoms with Crippen LogP contribution < -0.4 is 9.47 Å². The summed E-state index contributed by atoms with van der Waals surface area (Å²) in [6.45, 7) is 14.7. The van der Waals surface area contributed by atoms with Crippen LogP contribution >= 0.6 is 0 Å². The van der Waals surface area contributed by atoms with E-state index in [4.69, 9.17) is 23.7 Å². The van der Waals surface area contributed by atoms with Gasteiger partial charge in [0.15, 0.2) is 11.4 Å². The third kappa shape index (κ3) is 9.25. The molecule has 4 saturated carbocycles. The Balaban J connectivity index is 1.18. The molecule has 8 atom stereocenters. The van der Waals surface area contributed by atoms with Gasteiger partial charge in [0, 0.05) is 36.7 Å². The second-order valence-corrected chi connectivity index (χ2v) is 19.4. The fraction of sp³-hybridized carbons (Fsp3) is 0.633. The third-order valence-electron chi connectivity index (χ3n) is 13.5. The summed E-state index contributed by atoms with van der Waals surface area (Å²) in [4.78, 5) is 55.5. The molecule has 58 heavy (non-hydrogen) atoms. The van der Waals surface area contributed by atoms with E-state index in [1.165, 1.54) is 18.9 Å². The molecule has 8 unspecified atom stereocenters. The van der Waals surface area contributed by atoms with Crippen LogP contribution in [0.15, 0.2) is 48.1 Å². The largest absolute Gasteiger partial charge is 0.491 e. The van der Waals surface area contributed by atoms with Gasteiger partial charge in [-0.2, -0.15) is 0 Å². The van der Waals surface area contributed by atoms with Gasteiger partial charge >= 0.3 is 11.9 Å². The maximum absolute atomic E-state index is 14.9. The summed E-state index contributed by atoms with van der Waals surface area (Å²) in [6, 6.07) is 10.2. The fourth-order valence-electron chi connectivity index (χ4n) is 10.1. The Kier molecular flexibility index (Phi) is 12.3. The molecule has 2 aromatic carbocycles. The van der Waals surface area contributed by atoms with E-state index in [0.29, 0.717) is 43.1 Å². The van der Waals surface area contributed by atoms with E-state index in [0.717, 1.165) is 59.8 Å². The van der Waals surface area contributed by atoms with Gasteiger partial charge in [-0.1, -0.05) is 59.3 Å². The van der Waals surface area contributed by atoms with Crippen molar-refractivity contribution in [2.75, 3.05) is 20.3 Å². The number of ketones is 2. The van der Waals surface area contributed by atoms with Gasteiger partial charge in [-0.15, -0.1) is 0 Å². The smallest absolute Gasteiger partial charge is 0.310 e. The predicted molar refractivity (Wildman–Crippen MR) is 223 cm³/mol. The molecule has 0 bridgehead atoms. The third-order valence-corrected chi connectivity index (χ3v) is 13.5. The number of fused-ring (bicyclic) bond motifs is 2. The summed E-state index contributed by atoms with van der Waals surface area (Å²) in [7, 11) is 1.65. The average Bonchev–Trinajstić information content (AvgIpc) is 3.83. The first-order valence-electron chi connectivity index (χ1n) is 21.8. The van der Waals surface area contributed by atoms with E-state index in [1.807, 2.05) is 45.9 Å². The van der Waals surface area contributed by atoms with Gasteiger partial charge in [0.05, 0.1) is 18.9 Å². The van der Waals surface area contributed by atoms with Crippen molar-refractivity contribution >= 4 is 39.9 Å². The van der Waals surface area contributed by atoms with Gasteiger partial charge in [-0.3, -0.25) is 19.2 Å². The minimum absolute atomic E-state index is 0.0345. The Morgan fingerprint density at radius 1 is 0.914 bits per heavy atom. The van der Waals surface area contributed by atoms with Gasteiger partial charge in [0.25, 0.3) is 0 Å². The highest BCUT2D eigenvalue weighted by Gasteiger charge is 2.62. The quantitative estimate of drug-likeness (QED) is 0.107. The number of carbonyl (C=O) groups excluding carboxylic acids is 4. The number of Topliss-reactive ketones (excluding diaryl/α,β-unsaturated/α-hetero) is 2. The Labute approximate surface area is 344 Å². The van der Waals surface area contributed by atoms with Crippen molar-refractivity contribution in [3.05, 3.63) is 53.6 Å². The van der Waals surface area contributed by atoms with Crippen LogP contribution in [0.5, 0.6) is 11.5 Å². The molecule has 7 rings (SSSR count). The first-order chi connectivity index (χ1) is 27.6. The van der Waals surface area contributed by atoms with Gasteiger partial charge in [0.1, 0.15) is 36.1 Å². The number of ether oxygens (including phenoxy) is 5. The summed E-state index contributed by atoms with van der Waals surface area (Å²) in [5, 5.41) is 1.84. The first-order valence-corrected chi connectivity index (χ1v) is 21.8. The second kappa shape index (κ2) is 16.9. The van der Waals surface area contributed by atoms with Gasteiger partial charge in [-0.05, 0) is 128 Å². The molecular formula is C49H64O9. The zero-order valence-electron chi connectivity index (χ0n) is 35.9. The minimum atomic E-state index is -1.14. The minimum Gasteiger partial charge on any atom is -0.491 e. The van der Waals surface area contributed by atoms with Crippen molar-refractivity contribution in [2.45, 2.75) is 130 Å². The lowest BCUT2D eigenvalue weighted by Crippen LogP contribution is -2.40. The topological polar surface area (TPSA) is 114 Å². The molecule has 0 aliphatic heterocycles. The van der Waals surface area contributed by atoms with E-state index in [2.05, 4.69) is 38.1 Å². The summed E-state index contributed by atoms with van der Waals surface area (Å²) < 4.78 is 30.2. The van der Waals surface area contributed by atoms with Crippen LogP contribution in [0.1, 0.15) is 118 Å². The second-order valence-electron chi connectivity index (χ2n) is 19.4. The fourth-order valence-corrected chi connectivity index (χ4v) is 10.1. The Hall–Kier alpha value is -3.98. The number of hydrogen-bond donors (Lipinski definition) is 0. The molecule has 0 spiro atoms. The lowest BCUT2D eigenvalue weighted by atomic mass is 9.71. The van der Waals surface area contributed by atoms with Crippen LogP contribution in [0.25, 0.3) is 16.3 Å². The summed E-state index contributed by atoms with van der Waals surface area (Å²) in [5.41, 5.74) is 1.83. The van der Waals surface area contributed by atoms with Crippen molar-refractivity contribution in [3.8, 4) is 11.5 Å². The van der Waals surface area contributed by atoms with E-state index in [9.17, 15) is 19.2 Å². The summed E-state index contributed by atoms with van der Waals surface area (Å²) in [6.07, 6.45) is 10.6. The van der Waals surface area contributed by atoms with Crippen LogP contribution in [-0.2, 0) is 33.4 Å². The van der Waals surface area contributed by atoms with Gasteiger partial charge < -0.3 is 23.7 Å². The highest BCUT2D eigenvalue weighted by Crippen LogP contribution is 2.53. The first kappa shape index (κ1) is 42.2. The molecule has 0 saturated heterocycles. The molecule has 5 aliphatic rings. The van der Waals surface area contributed by atoms with E-state index >= 15 is 0 Å². The van der Waals surface area contributed by atoms with Crippen molar-refractivity contribution in [2.24, 2.45) is 46.8 Å². The molecule has 9 heteroatoms. The zero-order chi connectivity index (χ0) is 41.5. The lowest BCUT2D eigenvalue weighted by molar-refractivity contribution is -0.165. The standard InChI is InChI=1S/C49H64O9/c1-9-36-27-49(36,29(4)50)58-47(53)42-25-39(24-41(42)46(52)43(48(5,6)7)26-45(51)57-38-20-32-18-33(32)21-38)56-44-23-34(31-11-10-30(17-31)16-28(2)3)19-35-22-37(12-13-40(35)44)55-15-14-54-8/h11-13,17,19,22-23,28,32-33,36,38-39,41-43H,9-10,14-16,18,20-21,24-27H2,1-8H3. The Morgan fingerprint density at radius 2 is 1.66 bits per heavy atom. The monoisotopic (exact) mass is 796 g/mol. The van der Waals surface area contributed by atoms with Crippen molar-refractivity contribution in [1.29, 1.82) is 0 Å². The number of carbonyl (C=O) groups is 4. The number of allylic oxidation sites excluding steroid dienone is 4. The molecule has 0 N–H and O–H groups in total. The highest BCUT2D eigenvalue weighted by atomic mass is 16.6. The number of methoxy groups -OCH3 is 1. The molecule has 0 radical (unpaired) electrons. The van der Waals surface area contributed by atoms with E-state index in [1.54, 1.807) is 7.11 Å². The molecule has 9 nitrogen and oxygen atoms in total. The SMILES string of the molecule is CCC1CC1(OC(=O)C1CC(Oc2cc(C3=CCC(CC(C)C)=C3)cc3cc(OCCOC)ccc23)CC1C(=O)C(CC(=O)OC1CC2CC2C1)C(C)(C)C)C(C)=O. The van der Waals surface area contributed by atoms with Crippen LogP contribution in [0.4, 0.5) is 0 Å². The number of rotatable bonds is 18. The summed E-state index contributed by atoms with van der Waals surface area (Å²) >= 11 is 0. The zero-order valence-corrected chi connectivity index (χ0v) is 35.9. The number of benzene rings is 2. The Bertz CT molecular complexity index is 1960. The molecule has 314 valence electrons. The molecule has 0 aromatic heterocycles. The molecule has 0 heterocycles. The average molecular weight is 797 g/mol.